The van der Waals surface area contributed by atoms with Gasteiger partial charge in [-0.15, -0.1) is 0 Å². The van der Waals surface area contributed by atoms with E-state index in [2.05, 4.69) is 50.1 Å². The van der Waals surface area contributed by atoms with E-state index in [-0.39, 0.29) is 5.91 Å². The number of amides is 1. The van der Waals surface area contributed by atoms with Crippen LogP contribution in [0.5, 0.6) is 0 Å². The van der Waals surface area contributed by atoms with Gasteiger partial charge in [-0.3, -0.25) is 14.7 Å². The van der Waals surface area contributed by atoms with Gasteiger partial charge in [0.15, 0.2) is 5.96 Å². The Morgan fingerprint density at radius 3 is 2.20 bits per heavy atom. The van der Waals surface area contributed by atoms with E-state index in [1.54, 1.807) is 7.05 Å². The Morgan fingerprint density at radius 1 is 0.933 bits per heavy atom. The summed E-state index contributed by atoms with van der Waals surface area (Å²) in [5.41, 5.74) is 4.66. The van der Waals surface area contributed by atoms with Crippen LogP contribution in [-0.2, 0) is 24.3 Å². The summed E-state index contributed by atoms with van der Waals surface area (Å²) in [5, 5.41) is 9.52. The molecule has 1 amide bonds. The normalized spacial score (nSPS) is 14.5. The van der Waals surface area contributed by atoms with Crippen molar-refractivity contribution in [2.24, 2.45) is 4.99 Å². The van der Waals surface area contributed by atoms with Gasteiger partial charge in [-0.25, -0.2) is 0 Å². The Balaban J connectivity index is 1.38. The van der Waals surface area contributed by atoms with Crippen LogP contribution in [0.2, 0.25) is 0 Å². The molecule has 2 aromatic carbocycles. The van der Waals surface area contributed by atoms with Gasteiger partial charge in [0.1, 0.15) is 0 Å². The maximum atomic E-state index is 11.1. The van der Waals surface area contributed by atoms with Crippen LogP contribution in [-0.4, -0.2) is 43.4 Å². The molecule has 0 unspecified atom stereocenters. The standard InChI is InChI=1S/C24H33N5O/c1-19(30)28-23-11-9-20(10-12-23)13-14-26-24(25-2)27-17-21-5-7-22(8-6-21)18-29-15-3-4-16-29/h5-12H,3-4,13-18H2,1-2H3,(H,28,30)(H2,25,26,27). The second-order valence-corrected chi connectivity index (χ2v) is 7.78. The average Bonchev–Trinajstić information content (AvgIpc) is 3.25. The number of anilines is 1. The van der Waals surface area contributed by atoms with Gasteiger partial charge in [0, 0.05) is 39.3 Å². The highest BCUT2D eigenvalue weighted by molar-refractivity contribution is 5.88. The van der Waals surface area contributed by atoms with Crippen molar-refractivity contribution in [3.63, 3.8) is 0 Å². The van der Waals surface area contributed by atoms with Crippen LogP contribution in [0.25, 0.3) is 0 Å². The molecule has 1 saturated heterocycles. The topological polar surface area (TPSA) is 68.8 Å². The first kappa shape index (κ1) is 21.8. The molecule has 2 aromatic rings. The van der Waals surface area contributed by atoms with E-state index in [0.717, 1.165) is 37.7 Å². The minimum Gasteiger partial charge on any atom is -0.356 e. The van der Waals surface area contributed by atoms with E-state index < -0.39 is 0 Å². The largest absolute Gasteiger partial charge is 0.356 e. The molecule has 160 valence electrons. The number of rotatable bonds is 8. The maximum absolute atomic E-state index is 11.1. The van der Waals surface area contributed by atoms with Gasteiger partial charge in [-0.05, 0) is 61.2 Å². The first-order valence-electron chi connectivity index (χ1n) is 10.7. The van der Waals surface area contributed by atoms with Crippen molar-refractivity contribution in [2.45, 2.75) is 39.3 Å². The molecule has 3 rings (SSSR count). The lowest BCUT2D eigenvalue weighted by Gasteiger charge is -2.15. The molecule has 30 heavy (non-hydrogen) atoms. The minimum atomic E-state index is -0.0551. The first-order chi connectivity index (χ1) is 14.6. The lowest BCUT2D eigenvalue weighted by atomic mass is 10.1. The number of aliphatic imine (C=N–C) groups is 1. The van der Waals surface area contributed by atoms with Crippen LogP contribution in [0.15, 0.2) is 53.5 Å². The quantitative estimate of drug-likeness (QED) is 0.464. The Bertz CT molecular complexity index is 824. The Hall–Kier alpha value is -2.86. The highest BCUT2D eigenvalue weighted by Gasteiger charge is 2.11. The number of hydrogen-bond donors (Lipinski definition) is 3. The third-order valence-electron chi connectivity index (χ3n) is 5.29. The average molecular weight is 408 g/mol. The predicted octanol–water partition coefficient (Wildman–Crippen LogP) is 3.15. The number of nitrogens with zero attached hydrogens (tertiary/aromatic N) is 2. The summed E-state index contributed by atoms with van der Waals surface area (Å²) in [6.45, 7) is 6.56. The summed E-state index contributed by atoms with van der Waals surface area (Å²) in [6, 6.07) is 16.8. The van der Waals surface area contributed by atoms with Crippen molar-refractivity contribution < 1.29 is 4.79 Å². The zero-order valence-corrected chi connectivity index (χ0v) is 18.1. The first-order valence-corrected chi connectivity index (χ1v) is 10.7. The van der Waals surface area contributed by atoms with E-state index in [1.807, 2.05) is 24.3 Å². The third-order valence-corrected chi connectivity index (χ3v) is 5.29. The summed E-state index contributed by atoms with van der Waals surface area (Å²) >= 11 is 0. The molecule has 0 spiro atoms. The number of carbonyl (C=O) groups excluding carboxylic acids is 1. The number of likely N-dealkylation sites (tertiary alicyclic amines) is 1. The van der Waals surface area contributed by atoms with E-state index >= 15 is 0 Å². The Kier molecular flexibility index (Phi) is 8.27. The fraction of sp³-hybridized carbons (Fsp3) is 0.417. The van der Waals surface area contributed by atoms with Gasteiger partial charge in [0.25, 0.3) is 0 Å². The Morgan fingerprint density at radius 2 is 1.57 bits per heavy atom. The second kappa shape index (κ2) is 11.4. The van der Waals surface area contributed by atoms with Crippen LogP contribution in [0.1, 0.15) is 36.5 Å². The van der Waals surface area contributed by atoms with Crippen LogP contribution in [0.3, 0.4) is 0 Å². The molecule has 0 bridgehead atoms. The lowest BCUT2D eigenvalue weighted by molar-refractivity contribution is -0.114. The summed E-state index contributed by atoms with van der Waals surface area (Å²) in [7, 11) is 1.79. The summed E-state index contributed by atoms with van der Waals surface area (Å²) in [4.78, 5) is 17.9. The smallest absolute Gasteiger partial charge is 0.221 e. The molecule has 6 heteroatoms. The molecule has 0 aliphatic carbocycles. The lowest BCUT2D eigenvalue weighted by Crippen LogP contribution is -2.37. The molecule has 0 atom stereocenters. The highest BCUT2D eigenvalue weighted by Crippen LogP contribution is 2.13. The van der Waals surface area contributed by atoms with Gasteiger partial charge < -0.3 is 16.0 Å². The summed E-state index contributed by atoms with van der Waals surface area (Å²) in [5.74, 6) is 0.742. The zero-order chi connectivity index (χ0) is 21.2. The molecule has 1 heterocycles. The van der Waals surface area contributed by atoms with Crippen LogP contribution >= 0.6 is 0 Å². The van der Waals surface area contributed by atoms with Crippen molar-refractivity contribution in [3.05, 3.63) is 65.2 Å². The molecular formula is C24H33N5O. The number of carbonyl (C=O) groups is 1. The van der Waals surface area contributed by atoms with Gasteiger partial charge in [-0.1, -0.05) is 36.4 Å². The molecule has 0 saturated carbocycles. The Labute approximate surface area is 179 Å². The molecule has 3 N–H and O–H groups in total. The van der Waals surface area contributed by atoms with Gasteiger partial charge >= 0.3 is 0 Å². The van der Waals surface area contributed by atoms with Gasteiger partial charge in [-0.2, -0.15) is 0 Å². The van der Waals surface area contributed by atoms with Crippen molar-refractivity contribution >= 4 is 17.6 Å². The fourth-order valence-electron chi connectivity index (χ4n) is 3.65. The number of guanidine groups is 1. The molecule has 6 nitrogen and oxygen atoms in total. The van der Waals surface area contributed by atoms with Gasteiger partial charge in [0.2, 0.25) is 5.91 Å². The van der Waals surface area contributed by atoms with E-state index in [1.165, 1.54) is 49.5 Å². The highest BCUT2D eigenvalue weighted by atomic mass is 16.1. The van der Waals surface area contributed by atoms with E-state index in [4.69, 9.17) is 0 Å². The van der Waals surface area contributed by atoms with Crippen LogP contribution in [0, 0.1) is 0 Å². The summed E-state index contributed by atoms with van der Waals surface area (Å²) in [6.07, 6.45) is 3.54. The monoisotopic (exact) mass is 407 g/mol. The fourth-order valence-corrected chi connectivity index (χ4v) is 3.65. The molecule has 1 fully saturated rings. The van der Waals surface area contributed by atoms with Crippen molar-refractivity contribution in [3.8, 4) is 0 Å². The number of hydrogen-bond acceptors (Lipinski definition) is 3. The van der Waals surface area contributed by atoms with Gasteiger partial charge in [0.05, 0.1) is 0 Å². The SMILES string of the molecule is CN=C(NCCc1ccc(NC(C)=O)cc1)NCc1ccc(CN2CCCC2)cc1. The van der Waals surface area contributed by atoms with Crippen molar-refractivity contribution in [2.75, 3.05) is 32.0 Å². The predicted molar refractivity (Wildman–Crippen MR) is 124 cm³/mol. The third kappa shape index (κ3) is 7.19. The summed E-state index contributed by atoms with van der Waals surface area (Å²) < 4.78 is 0. The molecule has 0 aromatic heterocycles. The van der Waals surface area contributed by atoms with Crippen LogP contribution in [0.4, 0.5) is 5.69 Å². The molecule has 0 radical (unpaired) electrons. The van der Waals surface area contributed by atoms with E-state index in [0.29, 0.717) is 0 Å². The molecule has 1 aliphatic heterocycles. The van der Waals surface area contributed by atoms with Crippen LogP contribution < -0.4 is 16.0 Å². The number of nitrogens with one attached hydrogen (secondary N) is 3. The molecular weight excluding hydrogens is 374 g/mol. The second-order valence-electron chi connectivity index (χ2n) is 7.78. The van der Waals surface area contributed by atoms with E-state index in [9.17, 15) is 4.79 Å². The van der Waals surface area contributed by atoms with Crippen molar-refractivity contribution in [1.82, 2.24) is 15.5 Å². The zero-order valence-electron chi connectivity index (χ0n) is 18.1. The number of benzene rings is 2. The molecule has 1 aliphatic rings. The van der Waals surface area contributed by atoms with Crippen molar-refractivity contribution in [1.29, 1.82) is 0 Å². The maximum Gasteiger partial charge on any atom is 0.221 e. The minimum absolute atomic E-state index is 0.0551.